The highest BCUT2D eigenvalue weighted by Gasteiger charge is 2.02. The molecule has 0 saturated heterocycles. The van der Waals surface area contributed by atoms with Crippen molar-refractivity contribution in [2.75, 3.05) is 7.11 Å². The summed E-state index contributed by atoms with van der Waals surface area (Å²) in [5.41, 5.74) is 1.05. The molecule has 0 bridgehead atoms. The summed E-state index contributed by atoms with van der Waals surface area (Å²) < 4.78 is 5.08. The summed E-state index contributed by atoms with van der Waals surface area (Å²) in [5.74, 6) is 0.725. The minimum Gasteiger partial charge on any atom is -0.497 e. The second-order valence-electron chi connectivity index (χ2n) is 2.83. The van der Waals surface area contributed by atoms with Gasteiger partial charge < -0.3 is 4.74 Å². The number of nitriles is 1. The number of rotatable bonds is 2. The van der Waals surface area contributed by atoms with Gasteiger partial charge in [0.1, 0.15) is 11.8 Å². The number of aromatic nitrogens is 3. The van der Waals surface area contributed by atoms with E-state index in [1.807, 2.05) is 24.3 Å². The van der Waals surface area contributed by atoms with E-state index in [-0.39, 0.29) is 5.69 Å². The maximum Gasteiger partial charge on any atom is 0.183 e. The molecule has 74 valence electrons. The van der Waals surface area contributed by atoms with Gasteiger partial charge in [0.25, 0.3) is 0 Å². The van der Waals surface area contributed by atoms with Crippen molar-refractivity contribution in [1.29, 1.82) is 5.26 Å². The zero-order valence-corrected chi connectivity index (χ0v) is 8.08. The lowest BCUT2D eigenvalue weighted by Crippen LogP contribution is -1.99. The Morgan fingerprint density at radius 3 is 3.00 bits per heavy atom. The summed E-state index contributed by atoms with van der Waals surface area (Å²) >= 11 is 0. The number of benzene rings is 1. The fraction of sp³-hybridized carbons (Fsp3) is 0.100. The largest absolute Gasteiger partial charge is 0.497 e. The Labute approximate surface area is 86.5 Å². The second-order valence-corrected chi connectivity index (χ2v) is 2.83. The van der Waals surface area contributed by atoms with Gasteiger partial charge in [-0.3, -0.25) is 0 Å². The first-order chi connectivity index (χ1) is 7.33. The summed E-state index contributed by atoms with van der Waals surface area (Å²) in [6.45, 7) is 0. The number of ether oxygens (including phenoxy) is 1. The molecule has 0 aliphatic carbocycles. The number of hydrogen-bond acceptors (Lipinski definition) is 4. The van der Waals surface area contributed by atoms with E-state index in [9.17, 15) is 0 Å². The monoisotopic (exact) mass is 200 g/mol. The van der Waals surface area contributed by atoms with Crippen molar-refractivity contribution in [3.8, 4) is 17.5 Å². The molecule has 0 aliphatic rings. The zero-order chi connectivity index (χ0) is 10.7. The predicted octanol–water partition coefficient (Wildman–Crippen LogP) is 1.15. The van der Waals surface area contributed by atoms with Crippen LogP contribution in [-0.4, -0.2) is 22.1 Å². The van der Waals surface area contributed by atoms with Crippen LogP contribution in [0.15, 0.2) is 30.5 Å². The number of methoxy groups -OCH3 is 1. The average Bonchev–Trinajstić information content (AvgIpc) is 2.78. The van der Waals surface area contributed by atoms with Crippen molar-refractivity contribution in [3.05, 3.63) is 36.2 Å². The molecular formula is C10H8N4O. The first-order valence-electron chi connectivity index (χ1n) is 4.30. The fourth-order valence-corrected chi connectivity index (χ4v) is 1.17. The summed E-state index contributed by atoms with van der Waals surface area (Å²) in [6, 6.07) is 9.22. The molecule has 15 heavy (non-hydrogen) atoms. The molecule has 0 unspecified atom stereocenters. The molecule has 5 nitrogen and oxygen atoms in total. The molecule has 2 rings (SSSR count). The third-order valence-electron chi connectivity index (χ3n) is 1.89. The van der Waals surface area contributed by atoms with Gasteiger partial charge in [0, 0.05) is 6.07 Å². The van der Waals surface area contributed by atoms with Gasteiger partial charge in [-0.15, -0.1) is 5.10 Å². The van der Waals surface area contributed by atoms with Crippen molar-refractivity contribution in [1.82, 2.24) is 15.0 Å². The van der Waals surface area contributed by atoms with Gasteiger partial charge in [-0.2, -0.15) is 15.2 Å². The van der Waals surface area contributed by atoms with Crippen molar-refractivity contribution in [2.45, 2.75) is 0 Å². The third kappa shape index (κ3) is 1.79. The minimum atomic E-state index is 0.290. The molecule has 1 aromatic heterocycles. The summed E-state index contributed by atoms with van der Waals surface area (Å²) in [7, 11) is 1.59. The molecule has 0 saturated carbocycles. The lowest BCUT2D eigenvalue weighted by Gasteiger charge is -2.02. The molecule has 0 atom stereocenters. The van der Waals surface area contributed by atoms with Gasteiger partial charge in [-0.1, -0.05) is 6.07 Å². The maximum atomic E-state index is 8.61. The Balaban J connectivity index is 2.41. The van der Waals surface area contributed by atoms with Crippen LogP contribution in [0.25, 0.3) is 5.69 Å². The fourth-order valence-electron chi connectivity index (χ4n) is 1.17. The van der Waals surface area contributed by atoms with Crippen LogP contribution < -0.4 is 4.74 Å². The van der Waals surface area contributed by atoms with Crippen LogP contribution in [0.3, 0.4) is 0 Å². The van der Waals surface area contributed by atoms with E-state index >= 15 is 0 Å². The van der Waals surface area contributed by atoms with Gasteiger partial charge in [-0.05, 0) is 12.1 Å². The highest BCUT2D eigenvalue weighted by molar-refractivity contribution is 5.37. The number of nitrogens with zero attached hydrogens (tertiary/aromatic N) is 4. The lowest BCUT2D eigenvalue weighted by atomic mass is 10.3. The van der Waals surface area contributed by atoms with Gasteiger partial charge >= 0.3 is 0 Å². The molecule has 0 amide bonds. The molecule has 0 radical (unpaired) electrons. The zero-order valence-electron chi connectivity index (χ0n) is 8.08. The van der Waals surface area contributed by atoms with Crippen LogP contribution in [0, 0.1) is 11.3 Å². The smallest absolute Gasteiger partial charge is 0.183 e. The standard InChI is InChI=1S/C10H8N4O/c1-15-10-4-2-3-9(5-10)14-12-7-8(6-11)13-14/h2-5,7H,1H3. The summed E-state index contributed by atoms with van der Waals surface area (Å²) in [6.07, 6.45) is 1.42. The molecule has 0 spiro atoms. The Morgan fingerprint density at radius 1 is 1.47 bits per heavy atom. The van der Waals surface area contributed by atoms with Crippen molar-refractivity contribution in [3.63, 3.8) is 0 Å². The van der Waals surface area contributed by atoms with E-state index < -0.39 is 0 Å². The number of hydrogen-bond donors (Lipinski definition) is 0. The quantitative estimate of drug-likeness (QED) is 0.729. The van der Waals surface area contributed by atoms with Crippen LogP contribution >= 0.6 is 0 Å². The minimum absolute atomic E-state index is 0.290. The first-order valence-corrected chi connectivity index (χ1v) is 4.30. The lowest BCUT2D eigenvalue weighted by molar-refractivity contribution is 0.414. The van der Waals surface area contributed by atoms with E-state index in [0.29, 0.717) is 0 Å². The Hall–Kier alpha value is -2.35. The van der Waals surface area contributed by atoms with Crippen molar-refractivity contribution in [2.24, 2.45) is 0 Å². The Bertz CT molecular complexity index is 512. The van der Waals surface area contributed by atoms with Crippen LogP contribution in [0.4, 0.5) is 0 Å². The molecule has 0 fully saturated rings. The molecular weight excluding hydrogens is 192 g/mol. The highest BCUT2D eigenvalue weighted by Crippen LogP contribution is 2.14. The van der Waals surface area contributed by atoms with Crippen molar-refractivity contribution >= 4 is 0 Å². The first kappa shape index (κ1) is 9.21. The van der Waals surface area contributed by atoms with Gasteiger partial charge in [0.05, 0.1) is 19.0 Å². The normalized spacial score (nSPS) is 9.60. The Morgan fingerprint density at radius 2 is 2.33 bits per heavy atom. The molecule has 1 heterocycles. The highest BCUT2D eigenvalue weighted by atomic mass is 16.5. The predicted molar refractivity (Wildman–Crippen MR) is 52.6 cm³/mol. The van der Waals surface area contributed by atoms with E-state index in [1.165, 1.54) is 11.0 Å². The van der Waals surface area contributed by atoms with E-state index in [0.717, 1.165) is 11.4 Å². The van der Waals surface area contributed by atoms with Crippen LogP contribution in [-0.2, 0) is 0 Å². The third-order valence-corrected chi connectivity index (χ3v) is 1.89. The topological polar surface area (TPSA) is 63.7 Å². The Kier molecular flexibility index (Phi) is 2.33. The average molecular weight is 200 g/mol. The van der Waals surface area contributed by atoms with Gasteiger partial charge in [0.15, 0.2) is 5.69 Å². The molecule has 2 aromatic rings. The van der Waals surface area contributed by atoms with E-state index in [1.54, 1.807) is 13.2 Å². The molecule has 5 heteroatoms. The summed E-state index contributed by atoms with van der Waals surface area (Å²) in [5, 5.41) is 16.5. The van der Waals surface area contributed by atoms with Crippen LogP contribution in [0.2, 0.25) is 0 Å². The van der Waals surface area contributed by atoms with Crippen molar-refractivity contribution < 1.29 is 4.74 Å². The molecule has 0 aliphatic heterocycles. The van der Waals surface area contributed by atoms with Gasteiger partial charge in [-0.25, -0.2) is 0 Å². The van der Waals surface area contributed by atoms with Gasteiger partial charge in [0.2, 0.25) is 0 Å². The summed E-state index contributed by atoms with van der Waals surface area (Å²) in [4.78, 5) is 1.39. The molecule has 0 N–H and O–H groups in total. The van der Waals surface area contributed by atoms with E-state index in [2.05, 4.69) is 10.2 Å². The van der Waals surface area contributed by atoms with Crippen LogP contribution in [0.1, 0.15) is 5.69 Å². The van der Waals surface area contributed by atoms with Crippen LogP contribution in [0.5, 0.6) is 5.75 Å². The maximum absolute atomic E-state index is 8.61. The molecule has 1 aromatic carbocycles. The SMILES string of the molecule is COc1cccc(-n2ncc(C#N)n2)c1. The second kappa shape index (κ2) is 3.80. The van der Waals surface area contributed by atoms with E-state index in [4.69, 9.17) is 10.00 Å².